The van der Waals surface area contributed by atoms with E-state index in [1.165, 1.54) is 25.9 Å². The average molecular weight is 382 g/mol. The van der Waals surface area contributed by atoms with Crippen molar-refractivity contribution in [2.45, 2.75) is 20.3 Å². The van der Waals surface area contributed by atoms with Crippen molar-refractivity contribution in [2.75, 3.05) is 23.9 Å². The number of Topliss-reactive ketones (excluding diaryl/α,β-unsaturated/α-hetero) is 1. The molecule has 0 spiro atoms. The van der Waals surface area contributed by atoms with Crippen LogP contribution in [-0.4, -0.2) is 37.2 Å². The molecule has 146 valence electrons. The van der Waals surface area contributed by atoms with E-state index in [1.54, 1.807) is 48.5 Å². The van der Waals surface area contributed by atoms with Gasteiger partial charge < -0.3 is 15.0 Å². The zero-order valence-electron chi connectivity index (χ0n) is 16.0. The van der Waals surface area contributed by atoms with E-state index >= 15 is 0 Å². The second kappa shape index (κ2) is 9.45. The zero-order valence-corrected chi connectivity index (χ0v) is 16.0. The Balaban J connectivity index is 2.02. The van der Waals surface area contributed by atoms with Crippen molar-refractivity contribution < 1.29 is 23.9 Å². The van der Waals surface area contributed by atoms with Crippen molar-refractivity contribution in [2.24, 2.45) is 0 Å². The number of methoxy groups -OCH3 is 1. The Hall–Kier alpha value is -3.48. The highest BCUT2D eigenvalue weighted by Crippen LogP contribution is 2.17. The maximum absolute atomic E-state index is 12.2. The minimum atomic E-state index is -0.465. The topological polar surface area (TPSA) is 92.8 Å². The molecular weight excluding hydrogens is 360 g/mol. The van der Waals surface area contributed by atoms with Crippen LogP contribution in [0.5, 0.6) is 0 Å². The molecule has 0 saturated carbocycles. The Morgan fingerprint density at radius 1 is 0.964 bits per heavy atom. The Morgan fingerprint density at radius 3 is 2.21 bits per heavy atom. The largest absolute Gasteiger partial charge is 0.465 e. The molecule has 0 aliphatic carbocycles. The van der Waals surface area contributed by atoms with E-state index in [9.17, 15) is 19.2 Å². The molecule has 0 aromatic heterocycles. The number of nitrogens with zero attached hydrogens (tertiary/aromatic N) is 1. The zero-order chi connectivity index (χ0) is 20.7. The lowest BCUT2D eigenvalue weighted by molar-refractivity contribution is -0.117. The normalized spacial score (nSPS) is 10.1. The third-order valence-electron chi connectivity index (χ3n) is 4.10. The number of esters is 1. The Kier molecular flexibility index (Phi) is 7.03. The molecule has 0 saturated heterocycles. The minimum Gasteiger partial charge on any atom is -0.465 e. The van der Waals surface area contributed by atoms with Crippen LogP contribution in [0, 0.1) is 0 Å². The number of carbonyl (C=O) groups is 4. The number of ketones is 1. The average Bonchev–Trinajstić information content (AvgIpc) is 2.68. The van der Waals surface area contributed by atoms with Gasteiger partial charge in [0.1, 0.15) is 0 Å². The van der Waals surface area contributed by atoms with Crippen molar-refractivity contribution in [3.05, 3.63) is 59.7 Å². The van der Waals surface area contributed by atoms with Crippen LogP contribution in [-0.2, 0) is 14.3 Å². The first-order valence-corrected chi connectivity index (χ1v) is 8.69. The first-order valence-electron chi connectivity index (χ1n) is 8.69. The van der Waals surface area contributed by atoms with Gasteiger partial charge in [0.25, 0.3) is 0 Å². The third kappa shape index (κ3) is 5.51. The first-order chi connectivity index (χ1) is 13.3. The first kappa shape index (κ1) is 20.8. The molecule has 0 aliphatic rings. The summed E-state index contributed by atoms with van der Waals surface area (Å²) in [7, 11) is 1.29. The highest BCUT2D eigenvalue weighted by atomic mass is 16.5. The van der Waals surface area contributed by atoms with Crippen LogP contribution in [0.25, 0.3) is 0 Å². The van der Waals surface area contributed by atoms with E-state index in [1.807, 2.05) is 0 Å². The maximum Gasteiger partial charge on any atom is 0.337 e. The lowest BCUT2D eigenvalue weighted by atomic mass is 10.1. The number of rotatable bonds is 7. The molecule has 0 heterocycles. The summed E-state index contributed by atoms with van der Waals surface area (Å²) in [5, 5.41) is 2.72. The van der Waals surface area contributed by atoms with Gasteiger partial charge in [-0.3, -0.25) is 14.4 Å². The molecule has 0 atom stereocenters. The summed E-state index contributed by atoms with van der Waals surface area (Å²) in [4.78, 5) is 48.6. The fraction of sp³-hybridized carbons (Fsp3) is 0.238. The van der Waals surface area contributed by atoms with Crippen molar-refractivity contribution in [1.82, 2.24) is 0 Å². The minimum absolute atomic E-state index is 0.0721. The standard InChI is InChI=1S/C21H22N2O5/c1-14(24)17-5-4-6-18(13-17)22-20(26)11-12-23(15(2)25)19-9-7-16(8-10-19)21(27)28-3/h4-10,13H,11-12H2,1-3H3,(H,22,26). The second-order valence-electron chi connectivity index (χ2n) is 6.14. The molecule has 0 bridgehead atoms. The summed E-state index contributed by atoms with van der Waals surface area (Å²) in [6, 6.07) is 13.0. The van der Waals surface area contributed by atoms with Crippen LogP contribution >= 0.6 is 0 Å². The summed E-state index contributed by atoms with van der Waals surface area (Å²) in [6.07, 6.45) is 0.0721. The summed E-state index contributed by atoms with van der Waals surface area (Å²) >= 11 is 0. The fourth-order valence-electron chi connectivity index (χ4n) is 2.62. The number of nitrogens with one attached hydrogen (secondary N) is 1. The van der Waals surface area contributed by atoms with Gasteiger partial charge in [-0.1, -0.05) is 12.1 Å². The Bertz CT molecular complexity index is 890. The summed E-state index contributed by atoms with van der Waals surface area (Å²) in [5.74, 6) is -1.06. The number of hydrogen-bond acceptors (Lipinski definition) is 5. The Labute approximate surface area is 163 Å². The smallest absolute Gasteiger partial charge is 0.337 e. The molecule has 2 rings (SSSR count). The molecule has 2 aromatic rings. The molecule has 0 unspecified atom stereocenters. The van der Waals surface area contributed by atoms with Crippen molar-refractivity contribution in [1.29, 1.82) is 0 Å². The number of anilines is 2. The van der Waals surface area contributed by atoms with Gasteiger partial charge >= 0.3 is 5.97 Å². The lowest BCUT2D eigenvalue weighted by Crippen LogP contribution is -2.32. The molecule has 7 nitrogen and oxygen atoms in total. The summed E-state index contributed by atoms with van der Waals surface area (Å²) < 4.78 is 4.65. The summed E-state index contributed by atoms with van der Waals surface area (Å²) in [5.41, 5.74) is 1.98. The monoisotopic (exact) mass is 382 g/mol. The highest BCUT2D eigenvalue weighted by molar-refractivity contribution is 5.98. The molecule has 7 heteroatoms. The van der Waals surface area contributed by atoms with Crippen LogP contribution in [0.3, 0.4) is 0 Å². The molecule has 28 heavy (non-hydrogen) atoms. The number of hydrogen-bond donors (Lipinski definition) is 1. The number of carbonyl (C=O) groups excluding carboxylic acids is 4. The van der Waals surface area contributed by atoms with Crippen LogP contribution < -0.4 is 10.2 Å². The van der Waals surface area contributed by atoms with Gasteiger partial charge in [-0.25, -0.2) is 4.79 Å². The van der Waals surface area contributed by atoms with Crippen LogP contribution in [0.15, 0.2) is 48.5 Å². The van der Waals surface area contributed by atoms with Gasteiger partial charge in [-0.05, 0) is 43.3 Å². The van der Waals surface area contributed by atoms with E-state index in [-0.39, 0.29) is 30.6 Å². The summed E-state index contributed by atoms with van der Waals surface area (Å²) in [6.45, 7) is 3.03. The molecule has 1 N–H and O–H groups in total. The molecule has 2 amide bonds. The van der Waals surface area contributed by atoms with Crippen LogP contribution in [0.4, 0.5) is 11.4 Å². The second-order valence-corrected chi connectivity index (χ2v) is 6.14. The van der Waals surface area contributed by atoms with Crippen molar-refractivity contribution in [3.63, 3.8) is 0 Å². The van der Waals surface area contributed by atoms with Gasteiger partial charge in [0, 0.05) is 36.8 Å². The molecule has 0 fully saturated rings. The molecule has 0 radical (unpaired) electrons. The third-order valence-corrected chi connectivity index (χ3v) is 4.10. The van der Waals surface area contributed by atoms with Crippen LogP contribution in [0.2, 0.25) is 0 Å². The highest BCUT2D eigenvalue weighted by Gasteiger charge is 2.15. The molecule has 0 aliphatic heterocycles. The number of amides is 2. The predicted molar refractivity (Wildman–Crippen MR) is 106 cm³/mol. The Morgan fingerprint density at radius 2 is 1.64 bits per heavy atom. The van der Waals surface area contributed by atoms with Gasteiger partial charge in [-0.15, -0.1) is 0 Å². The van der Waals surface area contributed by atoms with E-state index < -0.39 is 5.97 Å². The van der Waals surface area contributed by atoms with Gasteiger partial charge in [0.15, 0.2) is 5.78 Å². The maximum atomic E-state index is 12.2. The van der Waals surface area contributed by atoms with Crippen molar-refractivity contribution in [3.8, 4) is 0 Å². The SMILES string of the molecule is COC(=O)c1ccc(N(CCC(=O)Nc2cccc(C(C)=O)c2)C(C)=O)cc1. The van der Waals surface area contributed by atoms with E-state index in [4.69, 9.17) is 0 Å². The number of ether oxygens (including phenoxy) is 1. The quantitative estimate of drug-likeness (QED) is 0.587. The molecule has 2 aromatic carbocycles. The predicted octanol–water partition coefficient (Wildman–Crippen LogP) is 3.06. The van der Waals surface area contributed by atoms with Gasteiger partial charge in [0.05, 0.1) is 12.7 Å². The van der Waals surface area contributed by atoms with E-state index in [0.717, 1.165) is 0 Å². The van der Waals surface area contributed by atoms with Gasteiger partial charge in [0.2, 0.25) is 11.8 Å². The van der Waals surface area contributed by atoms with Gasteiger partial charge in [-0.2, -0.15) is 0 Å². The van der Waals surface area contributed by atoms with E-state index in [0.29, 0.717) is 22.5 Å². The van der Waals surface area contributed by atoms with Crippen LogP contribution in [0.1, 0.15) is 41.0 Å². The van der Waals surface area contributed by atoms with E-state index in [2.05, 4.69) is 10.1 Å². The molecular formula is C21H22N2O5. The van der Waals surface area contributed by atoms with Crippen molar-refractivity contribution >= 4 is 34.9 Å². The number of benzene rings is 2. The lowest BCUT2D eigenvalue weighted by Gasteiger charge is -2.21. The fourth-order valence-corrected chi connectivity index (χ4v) is 2.62.